The van der Waals surface area contributed by atoms with Crippen molar-refractivity contribution >= 4 is 5.91 Å². The first-order chi connectivity index (χ1) is 16.0. The van der Waals surface area contributed by atoms with Crippen LogP contribution < -0.4 is 10.1 Å². The van der Waals surface area contributed by atoms with E-state index in [9.17, 15) is 9.18 Å². The number of amides is 1. The van der Waals surface area contributed by atoms with Crippen molar-refractivity contribution in [3.63, 3.8) is 0 Å². The van der Waals surface area contributed by atoms with Gasteiger partial charge in [-0.1, -0.05) is 43.3 Å². The number of halogens is 1. The van der Waals surface area contributed by atoms with Gasteiger partial charge in [0.15, 0.2) is 0 Å². The molecule has 3 aromatic rings. The van der Waals surface area contributed by atoms with Crippen LogP contribution >= 0.6 is 0 Å². The third-order valence-corrected chi connectivity index (χ3v) is 6.39. The fourth-order valence-corrected chi connectivity index (χ4v) is 4.14. The average Bonchev–Trinajstić information content (AvgIpc) is 2.85. The molecular weight excluding hydrogens is 417 g/mol. The SMILES string of the molecule is CC1(C(=O)N[C@H](c2ccc(F)cc2)c2ccccn2)CCN(CCOc2ccccc2)CC1. The molecule has 33 heavy (non-hydrogen) atoms. The highest BCUT2D eigenvalue weighted by Crippen LogP contribution is 2.33. The first kappa shape index (κ1) is 22.9. The molecule has 1 amide bonds. The van der Waals surface area contributed by atoms with Crippen molar-refractivity contribution < 1.29 is 13.9 Å². The van der Waals surface area contributed by atoms with E-state index >= 15 is 0 Å². The van der Waals surface area contributed by atoms with Crippen LogP contribution in [0.1, 0.15) is 37.1 Å². The summed E-state index contributed by atoms with van der Waals surface area (Å²) in [5.41, 5.74) is 1.07. The van der Waals surface area contributed by atoms with Gasteiger partial charge in [0.2, 0.25) is 5.91 Å². The van der Waals surface area contributed by atoms with E-state index in [1.165, 1.54) is 12.1 Å². The third-order valence-electron chi connectivity index (χ3n) is 6.39. The largest absolute Gasteiger partial charge is 0.492 e. The molecule has 0 aliphatic carbocycles. The van der Waals surface area contributed by atoms with E-state index in [-0.39, 0.29) is 11.7 Å². The van der Waals surface area contributed by atoms with E-state index in [0.717, 1.165) is 49.5 Å². The molecule has 4 rings (SSSR count). The number of rotatable bonds is 8. The molecular formula is C27H30FN3O2. The van der Waals surface area contributed by atoms with Gasteiger partial charge < -0.3 is 10.1 Å². The smallest absolute Gasteiger partial charge is 0.226 e. The number of aromatic nitrogens is 1. The molecule has 0 saturated carbocycles. The van der Waals surface area contributed by atoms with Crippen LogP contribution in [0.4, 0.5) is 4.39 Å². The Bertz CT molecular complexity index is 1020. The summed E-state index contributed by atoms with van der Waals surface area (Å²) >= 11 is 0. The summed E-state index contributed by atoms with van der Waals surface area (Å²) in [6, 6.07) is 21.2. The second kappa shape index (κ2) is 10.6. The quantitative estimate of drug-likeness (QED) is 0.548. The van der Waals surface area contributed by atoms with Crippen LogP contribution in [0, 0.1) is 11.2 Å². The van der Waals surface area contributed by atoms with Crippen molar-refractivity contribution in [3.8, 4) is 5.75 Å². The zero-order valence-electron chi connectivity index (χ0n) is 18.9. The van der Waals surface area contributed by atoms with Crippen molar-refractivity contribution in [1.29, 1.82) is 0 Å². The lowest BCUT2D eigenvalue weighted by atomic mass is 9.79. The van der Waals surface area contributed by atoms with Gasteiger partial charge in [0.25, 0.3) is 0 Å². The van der Waals surface area contributed by atoms with E-state index in [0.29, 0.717) is 6.61 Å². The zero-order chi connectivity index (χ0) is 23.1. The Morgan fingerprint density at radius 2 is 1.76 bits per heavy atom. The number of hydrogen-bond acceptors (Lipinski definition) is 4. The van der Waals surface area contributed by atoms with Crippen LogP contribution in [0.2, 0.25) is 0 Å². The fourth-order valence-electron chi connectivity index (χ4n) is 4.14. The number of carbonyl (C=O) groups is 1. The highest BCUT2D eigenvalue weighted by atomic mass is 19.1. The lowest BCUT2D eigenvalue weighted by molar-refractivity contribution is -0.133. The first-order valence-corrected chi connectivity index (χ1v) is 11.4. The van der Waals surface area contributed by atoms with Crippen LogP contribution in [0.3, 0.4) is 0 Å². The molecule has 0 radical (unpaired) electrons. The standard InChI is InChI=1S/C27H30FN3O2/c1-27(14-17-31(18-15-27)19-20-33-23-7-3-2-4-8-23)26(32)30-25(24-9-5-6-16-29-24)21-10-12-22(28)13-11-21/h2-13,16,25H,14-15,17-20H2,1H3,(H,30,32)/t25-/m1/s1. The number of nitrogens with one attached hydrogen (secondary N) is 1. The Hall–Kier alpha value is -3.25. The van der Waals surface area contributed by atoms with E-state index in [4.69, 9.17) is 4.74 Å². The van der Waals surface area contributed by atoms with Gasteiger partial charge in [-0.25, -0.2) is 4.39 Å². The highest BCUT2D eigenvalue weighted by Gasteiger charge is 2.38. The number of piperidine rings is 1. The zero-order valence-corrected chi connectivity index (χ0v) is 18.9. The van der Waals surface area contributed by atoms with Gasteiger partial charge in [0.05, 0.1) is 11.7 Å². The van der Waals surface area contributed by atoms with Gasteiger partial charge in [0.1, 0.15) is 18.2 Å². The Balaban J connectivity index is 1.35. The molecule has 0 bridgehead atoms. The number of hydrogen-bond donors (Lipinski definition) is 1. The van der Waals surface area contributed by atoms with Crippen molar-refractivity contribution in [2.24, 2.45) is 5.41 Å². The molecule has 1 atom stereocenters. The van der Waals surface area contributed by atoms with Crippen molar-refractivity contribution in [2.75, 3.05) is 26.2 Å². The molecule has 1 aliphatic heterocycles. The molecule has 5 nitrogen and oxygen atoms in total. The number of ether oxygens (including phenoxy) is 1. The Labute approximate surface area is 194 Å². The van der Waals surface area contributed by atoms with Crippen molar-refractivity contribution in [2.45, 2.75) is 25.8 Å². The Morgan fingerprint density at radius 1 is 1.06 bits per heavy atom. The normalized spacial score (nSPS) is 16.7. The number of para-hydroxylation sites is 1. The molecule has 1 N–H and O–H groups in total. The summed E-state index contributed by atoms with van der Waals surface area (Å²) in [5, 5.41) is 3.19. The minimum absolute atomic E-state index is 0.00247. The van der Waals surface area contributed by atoms with E-state index in [1.807, 2.05) is 55.5 Å². The second-order valence-corrected chi connectivity index (χ2v) is 8.78. The van der Waals surface area contributed by atoms with Crippen LogP contribution in [0.5, 0.6) is 5.75 Å². The van der Waals surface area contributed by atoms with Crippen molar-refractivity contribution in [1.82, 2.24) is 15.2 Å². The summed E-state index contributed by atoms with van der Waals surface area (Å²) in [4.78, 5) is 20.2. The van der Waals surface area contributed by atoms with Crippen LogP contribution in [-0.4, -0.2) is 42.0 Å². The predicted molar refractivity (Wildman–Crippen MR) is 126 cm³/mol. The van der Waals surface area contributed by atoms with Crippen LogP contribution in [-0.2, 0) is 4.79 Å². The van der Waals surface area contributed by atoms with Crippen LogP contribution in [0.15, 0.2) is 79.0 Å². The van der Waals surface area contributed by atoms with E-state index in [2.05, 4.69) is 15.2 Å². The van der Waals surface area contributed by atoms with Crippen LogP contribution in [0.25, 0.3) is 0 Å². The van der Waals surface area contributed by atoms with Crippen molar-refractivity contribution in [3.05, 3.63) is 96.1 Å². The molecule has 1 fully saturated rings. The molecule has 0 spiro atoms. The Morgan fingerprint density at radius 3 is 2.42 bits per heavy atom. The number of carbonyl (C=O) groups excluding carboxylic acids is 1. The molecule has 1 aliphatic rings. The average molecular weight is 448 g/mol. The molecule has 1 saturated heterocycles. The summed E-state index contributed by atoms with van der Waals surface area (Å²) in [6.45, 7) is 5.16. The summed E-state index contributed by atoms with van der Waals surface area (Å²) < 4.78 is 19.3. The Kier molecular flexibility index (Phi) is 7.35. The van der Waals surface area contributed by atoms with Gasteiger partial charge in [-0.2, -0.15) is 0 Å². The van der Waals surface area contributed by atoms with Gasteiger partial charge >= 0.3 is 0 Å². The third kappa shape index (κ3) is 5.96. The van der Waals surface area contributed by atoms with Gasteiger partial charge in [-0.05, 0) is 67.9 Å². The highest BCUT2D eigenvalue weighted by molar-refractivity contribution is 5.83. The molecule has 172 valence electrons. The monoisotopic (exact) mass is 447 g/mol. The molecule has 2 heterocycles. The minimum atomic E-state index is -0.468. The summed E-state index contributed by atoms with van der Waals surface area (Å²) in [6.07, 6.45) is 3.24. The maximum atomic E-state index is 13.5. The molecule has 6 heteroatoms. The lowest BCUT2D eigenvalue weighted by Crippen LogP contribution is -2.48. The lowest BCUT2D eigenvalue weighted by Gasteiger charge is -2.39. The molecule has 1 aromatic heterocycles. The summed E-state index contributed by atoms with van der Waals surface area (Å²) in [5.74, 6) is 0.572. The molecule has 0 unspecified atom stereocenters. The van der Waals surface area contributed by atoms with E-state index in [1.54, 1.807) is 18.3 Å². The van der Waals surface area contributed by atoms with Gasteiger partial charge in [0, 0.05) is 18.2 Å². The van der Waals surface area contributed by atoms with Gasteiger partial charge in [-0.15, -0.1) is 0 Å². The second-order valence-electron chi connectivity index (χ2n) is 8.78. The van der Waals surface area contributed by atoms with Gasteiger partial charge in [-0.3, -0.25) is 14.7 Å². The number of pyridine rings is 1. The predicted octanol–water partition coefficient (Wildman–Crippen LogP) is 4.61. The first-order valence-electron chi connectivity index (χ1n) is 11.4. The topological polar surface area (TPSA) is 54.5 Å². The number of likely N-dealkylation sites (tertiary alicyclic amines) is 1. The fraction of sp³-hybridized carbons (Fsp3) is 0.333. The summed E-state index contributed by atoms with van der Waals surface area (Å²) in [7, 11) is 0. The maximum absolute atomic E-state index is 13.5. The number of benzene rings is 2. The minimum Gasteiger partial charge on any atom is -0.492 e. The van der Waals surface area contributed by atoms with E-state index < -0.39 is 11.5 Å². The maximum Gasteiger partial charge on any atom is 0.226 e. The number of nitrogens with zero attached hydrogens (tertiary/aromatic N) is 2. The molecule has 2 aromatic carbocycles.